The van der Waals surface area contributed by atoms with Crippen molar-refractivity contribution in [1.29, 1.82) is 5.53 Å². The maximum absolute atomic E-state index is 9.97. The zero-order valence-electron chi connectivity index (χ0n) is 9.62. The zero-order valence-corrected chi connectivity index (χ0v) is 9.62. The average Bonchev–Trinajstić information content (AvgIpc) is 2.29. The predicted octanol–water partition coefficient (Wildman–Crippen LogP) is -0.220. The van der Waals surface area contributed by atoms with Crippen LogP contribution in [-0.4, -0.2) is 63.7 Å². The number of nitrogens with one attached hydrogen (secondary N) is 1. The van der Waals surface area contributed by atoms with Crippen LogP contribution in [0, 0.1) is 5.53 Å². The van der Waals surface area contributed by atoms with Crippen LogP contribution in [0.3, 0.4) is 0 Å². The van der Waals surface area contributed by atoms with Crippen molar-refractivity contribution in [2.75, 3.05) is 27.9 Å². The van der Waals surface area contributed by atoms with Crippen LogP contribution in [0.2, 0.25) is 0 Å². The van der Waals surface area contributed by atoms with Gasteiger partial charge in [-0.25, -0.2) is 5.53 Å². The molecule has 1 saturated heterocycles. The van der Waals surface area contributed by atoms with E-state index in [2.05, 4.69) is 5.11 Å². The first-order valence-corrected chi connectivity index (χ1v) is 4.94. The Morgan fingerprint density at radius 2 is 2.00 bits per heavy atom. The summed E-state index contributed by atoms with van der Waals surface area (Å²) in [6, 6.07) is -0.775. The molecule has 0 amide bonds. The molecule has 7 heteroatoms. The number of nitrogens with zero attached hydrogens (tertiary/aromatic N) is 1. The fraction of sp³-hybridized carbons (Fsp3) is 1.00. The molecular weight excluding hydrogens is 216 g/mol. The van der Waals surface area contributed by atoms with Crippen molar-refractivity contribution in [2.24, 2.45) is 5.11 Å². The molecule has 1 rings (SSSR count). The normalized spacial score (nSPS) is 39.6. The highest BCUT2D eigenvalue weighted by atomic mass is 16.7. The second-order valence-corrected chi connectivity index (χ2v) is 3.54. The molecule has 0 aromatic carbocycles. The molecule has 5 unspecified atom stereocenters. The highest BCUT2D eigenvalue weighted by Gasteiger charge is 2.46. The van der Waals surface area contributed by atoms with Crippen LogP contribution in [0.1, 0.15) is 0 Å². The molecule has 0 saturated carbocycles. The number of rotatable bonds is 5. The van der Waals surface area contributed by atoms with E-state index in [0.717, 1.165) is 0 Å². The van der Waals surface area contributed by atoms with Crippen molar-refractivity contribution in [1.82, 2.24) is 0 Å². The Balaban J connectivity index is 2.79. The van der Waals surface area contributed by atoms with Gasteiger partial charge in [-0.15, -0.1) is 0 Å². The molecular formula is C9H18N2O5. The van der Waals surface area contributed by atoms with Gasteiger partial charge in [0.2, 0.25) is 0 Å². The van der Waals surface area contributed by atoms with Crippen molar-refractivity contribution in [3.8, 4) is 0 Å². The molecule has 1 aliphatic rings. The third-order valence-corrected chi connectivity index (χ3v) is 2.63. The van der Waals surface area contributed by atoms with Gasteiger partial charge in [0.05, 0.1) is 6.61 Å². The van der Waals surface area contributed by atoms with Gasteiger partial charge in [-0.05, 0) is 0 Å². The minimum Gasteiger partial charge on any atom is -0.388 e. The molecule has 16 heavy (non-hydrogen) atoms. The van der Waals surface area contributed by atoms with Crippen LogP contribution in [-0.2, 0) is 18.9 Å². The molecule has 1 fully saturated rings. The van der Waals surface area contributed by atoms with E-state index in [4.69, 9.17) is 24.5 Å². The molecule has 1 aliphatic heterocycles. The first-order valence-electron chi connectivity index (χ1n) is 4.94. The Morgan fingerprint density at radius 3 is 2.44 bits per heavy atom. The zero-order chi connectivity index (χ0) is 12.1. The molecule has 0 aromatic heterocycles. The van der Waals surface area contributed by atoms with Crippen LogP contribution >= 0.6 is 0 Å². The summed E-state index contributed by atoms with van der Waals surface area (Å²) in [6.07, 6.45) is -2.71. The summed E-state index contributed by atoms with van der Waals surface area (Å²) in [5, 5.41) is 13.3. The summed E-state index contributed by atoms with van der Waals surface area (Å²) in [4.78, 5) is 0. The van der Waals surface area contributed by atoms with Crippen molar-refractivity contribution in [3.05, 3.63) is 0 Å². The topological polar surface area (TPSA) is 93.4 Å². The van der Waals surface area contributed by atoms with Crippen LogP contribution in [0.4, 0.5) is 0 Å². The predicted molar refractivity (Wildman–Crippen MR) is 53.3 cm³/mol. The highest BCUT2D eigenvalue weighted by molar-refractivity contribution is 4.93. The lowest BCUT2D eigenvalue weighted by Crippen LogP contribution is -2.59. The monoisotopic (exact) mass is 234 g/mol. The van der Waals surface area contributed by atoms with Gasteiger partial charge in [-0.2, -0.15) is 5.11 Å². The minimum absolute atomic E-state index is 0.278. The van der Waals surface area contributed by atoms with Gasteiger partial charge in [0.15, 0.2) is 6.29 Å². The number of aliphatic hydroxyl groups excluding tert-OH is 1. The molecule has 0 bridgehead atoms. The van der Waals surface area contributed by atoms with Gasteiger partial charge in [0.25, 0.3) is 0 Å². The van der Waals surface area contributed by atoms with E-state index in [0.29, 0.717) is 0 Å². The lowest BCUT2D eigenvalue weighted by Gasteiger charge is -2.41. The molecule has 0 spiro atoms. The Morgan fingerprint density at radius 1 is 1.31 bits per heavy atom. The van der Waals surface area contributed by atoms with E-state index in [-0.39, 0.29) is 6.61 Å². The molecule has 1 heterocycles. The van der Waals surface area contributed by atoms with Gasteiger partial charge in [0.1, 0.15) is 24.4 Å². The second-order valence-electron chi connectivity index (χ2n) is 3.54. The Labute approximate surface area is 94.1 Å². The maximum atomic E-state index is 9.97. The second kappa shape index (κ2) is 6.21. The average molecular weight is 234 g/mol. The molecule has 94 valence electrons. The first kappa shape index (κ1) is 13.5. The highest BCUT2D eigenvalue weighted by Crippen LogP contribution is 2.25. The van der Waals surface area contributed by atoms with E-state index in [1.807, 2.05) is 0 Å². The van der Waals surface area contributed by atoms with E-state index in [1.165, 1.54) is 21.3 Å². The van der Waals surface area contributed by atoms with Crippen LogP contribution in [0.15, 0.2) is 5.11 Å². The number of aliphatic hydroxyl groups is 1. The molecule has 0 radical (unpaired) electrons. The number of ether oxygens (including phenoxy) is 4. The van der Waals surface area contributed by atoms with E-state index < -0.39 is 30.6 Å². The molecule has 2 N–H and O–H groups in total. The maximum Gasteiger partial charge on any atom is 0.184 e. The lowest BCUT2D eigenvalue weighted by molar-refractivity contribution is -0.264. The summed E-state index contributed by atoms with van der Waals surface area (Å²) in [5.74, 6) is 0. The Hall–Kier alpha value is -0.600. The minimum atomic E-state index is -0.943. The van der Waals surface area contributed by atoms with Crippen LogP contribution in [0.25, 0.3) is 0 Å². The molecule has 0 aliphatic carbocycles. The van der Waals surface area contributed by atoms with Crippen molar-refractivity contribution in [3.63, 3.8) is 0 Å². The molecule has 5 atom stereocenters. The standard InChI is InChI=1S/C9H18N2O5/c1-13-4-5-8(14-2)7(12)6(11-10)9(15-3)16-5/h5-10,12H,4H2,1-3H3. The fourth-order valence-corrected chi connectivity index (χ4v) is 1.83. The summed E-state index contributed by atoms with van der Waals surface area (Å²) in [6.45, 7) is 0.278. The lowest BCUT2D eigenvalue weighted by atomic mass is 9.97. The fourth-order valence-electron chi connectivity index (χ4n) is 1.83. The van der Waals surface area contributed by atoms with E-state index in [9.17, 15) is 5.11 Å². The van der Waals surface area contributed by atoms with E-state index >= 15 is 0 Å². The van der Waals surface area contributed by atoms with Gasteiger partial charge >= 0.3 is 0 Å². The summed E-state index contributed by atoms with van der Waals surface area (Å²) in [7, 11) is 4.44. The third-order valence-electron chi connectivity index (χ3n) is 2.63. The van der Waals surface area contributed by atoms with E-state index in [1.54, 1.807) is 0 Å². The Kier molecular flexibility index (Phi) is 5.23. The molecule has 7 nitrogen and oxygen atoms in total. The SMILES string of the molecule is COCC1OC(OC)C(N=N)C(O)C1OC. The van der Waals surface area contributed by atoms with Gasteiger partial charge in [-0.3, -0.25) is 0 Å². The van der Waals surface area contributed by atoms with Crippen LogP contribution < -0.4 is 0 Å². The van der Waals surface area contributed by atoms with Crippen molar-refractivity contribution >= 4 is 0 Å². The van der Waals surface area contributed by atoms with Crippen molar-refractivity contribution in [2.45, 2.75) is 30.6 Å². The van der Waals surface area contributed by atoms with Gasteiger partial charge < -0.3 is 24.1 Å². The Bertz CT molecular complexity index is 228. The summed E-state index contributed by atoms with van der Waals surface area (Å²) < 4.78 is 20.6. The number of hydrogen-bond acceptors (Lipinski definition) is 7. The third kappa shape index (κ3) is 2.55. The quantitative estimate of drug-likeness (QED) is 0.641. The first-order chi connectivity index (χ1) is 7.69. The number of hydrogen-bond donors (Lipinski definition) is 2. The van der Waals surface area contributed by atoms with Gasteiger partial charge in [0, 0.05) is 21.3 Å². The molecule has 0 aromatic rings. The smallest absolute Gasteiger partial charge is 0.184 e. The van der Waals surface area contributed by atoms with Gasteiger partial charge in [-0.1, -0.05) is 0 Å². The van der Waals surface area contributed by atoms with Crippen molar-refractivity contribution < 1.29 is 24.1 Å². The van der Waals surface area contributed by atoms with Crippen LogP contribution in [0.5, 0.6) is 0 Å². The summed E-state index contributed by atoms with van der Waals surface area (Å²) in [5.41, 5.74) is 7.01. The summed E-state index contributed by atoms with van der Waals surface area (Å²) >= 11 is 0. The number of methoxy groups -OCH3 is 3. The largest absolute Gasteiger partial charge is 0.388 e.